The molecule has 1 fully saturated rings. The molecule has 0 N–H and O–H groups in total. The number of hydrogen-bond donors (Lipinski definition) is 0. The number of carbonyl (C=O) groups excluding carboxylic acids is 1. The molecule has 34 heavy (non-hydrogen) atoms. The van der Waals surface area contributed by atoms with E-state index < -0.39 is 0 Å². The van der Waals surface area contributed by atoms with Crippen molar-refractivity contribution in [1.82, 2.24) is 14.8 Å². The van der Waals surface area contributed by atoms with Gasteiger partial charge >= 0.3 is 0 Å². The molecule has 1 saturated carbocycles. The Morgan fingerprint density at radius 1 is 0.941 bits per heavy atom. The number of nitrogens with zero attached hydrogens (tertiary/aromatic N) is 3. The van der Waals surface area contributed by atoms with Crippen LogP contribution in [0.3, 0.4) is 0 Å². The van der Waals surface area contributed by atoms with E-state index in [1.807, 2.05) is 24.3 Å². The summed E-state index contributed by atoms with van der Waals surface area (Å²) in [4.78, 5) is 12.9. The second-order valence-corrected chi connectivity index (χ2v) is 10.1. The average Bonchev–Trinajstić information content (AvgIpc) is 3.30. The number of thioether (sulfide) groups is 1. The van der Waals surface area contributed by atoms with Gasteiger partial charge in [0.15, 0.2) is 10.9 Å². The number of benzene rings is 3. The van der Waals surface area contributed by atoms with Crippen molar-refractivity contribution in [3.8, 4) is 0 Å². The molecule has 0 atom stereocenters. The van der Waals surface area contributed by atoms with Gasteiger partial charge < -0.3 is 4.57 Å². The first kappa shape index (κ1) is 22.9. The number of fused-ring (bicyclic) bond motifs is 1. The van der Waals surface area contributed by atoms with Gasteiger partial charge in [-0.3, -0.25) is 4.79 Å². The van der Waals surface area contributed by atoms with E-state index in [0.29, 0.717) is 11.8 Å². The molecule has 1 aliphatic carbocycles. The molecule has 4 aromatic rings. The fourth-order valence-corrected chi connectivity index (χ4v) is 5.91. The summed E-state index contributed by atoms with van der Waals surface area (Å²) in [7, 11) is 0. The lowest BCUT2D eigenvalue weighted by Crippen LogP contribution is -2.17. The van der Waals surface area contributed by atoms with E-state index in [1.54, 1.807) is 0 Å². The van der Waals surface area contributed by atoms with Crippen LogP contribution < -0.4 is 0 Å². The number of Topliss-reactive ketones (excluding diaryl/α,β-unsaturated/α-hetero) is 1. The van der Waals surface area contributed by atoms with Crippen LogP contribution in [-0.2, 0) is 12.8 Å². The van der Waals surface area contributed by atoms with Gasteiger partial charge in [-0.2, -0.15) is 0 Å². The fourth-order valence-electron chi connectivity index (χ4n) is 4.99. The van der Waals surface area contributed by atoms with Crippen molar-refractivity contribution in [2.24, 2.45) is 0 Å². The maximum Gasteiger partial charge on any atom is 0.191 e. The quantitative estimate of drug-likeness (QED) is 0.205. The van der Waals surface area contributed by atoms with Crippen LogP contribution in [-0.4, -0.2) is 26.3 Å². The summed E-state index contributed by atoms with van der Waals surface area (Å²) in [6, 6.07) is 23.4. The zero-order chi connectivity index (χ0) is 23.3. The van der Waals surface area contributed by atoms with Crippen LogP contribution in [0.5, 0.6) is 0 Å². The molecule has 0 saturated heterocycles. The number of hydrogen-bond acceptors (Lipinski definition) is 4. The molecule has 3 aromatic carbocycles. The molecule has 0 aliphatic heterocycles. The molecule has 1 aliphatic rings. The van der Waals surface area contributed by atoms with E-state index in [4.69, 9.17) is 0 Å². The molecule has 0 bridgehead atoms. The number of aromatic nitrogens is 3. The largest absolute Gasteiger partial charge is 0.303 e. The Labute approximate surface area is 205 Å². The lowest BCUT2D eigenvalue weighted by atomic mass is 9.95. The van der Waals surface area contributed by atoms with Gasteiger partial charge in [-0.15, -0.1) is 10.2 Å². The monoisotopic (exact) mass is 469 g/mol. The van der Waals surface area contributed by atoms with Gasteiger partial charge in [0.05, 0.1) is 5.75 Å². The Balaban J connectivity index is 1.40. The molecule has 5 heteroatoms. The van der Waals surface area contributed by atoms with Crippen molar-refractivity contribution in [3.63, 3.8) is 0 Å². The fraction of sp³-hybridized carbons (Fsp3) is 0.345. The van der Waals surface area contributed by atoms with Gasteiger partial charge in [0.2, 0.25) is 0 Å². The van der Waals surface area contributed by atoms with Crippen LogP contribution in [0.4, 0.5) is 0 Å². The first-order chi connectivity index (χ1) is 16.7. The molecule has 0 unspecified atom stereocenters. The number of carbonyl (C=O) groups is 1. The smallest absolute Gasteiger partial charge is 0.191 e. The van der Waals surface area contributed by atoms with Crippen LogP contribution >= 0.6 is 11.8 Å². The van der Waals surface area contributed by atoms with Crippen LogP contribution in [0.2, 0.25) is 0 Å². The minimum Gasteiger partial charge on any atom is -0.303 e. The van der Waals surface area contributed by atoms with Gasteiger partial charge in [0.1, 0.15) is 5.82 Å². The van der Waals surface area contributed by atoms with Crippen molar-refractivity contribution >= 4 is 28.3 Å². The van der Waals surface area contributed by atoms with Crippen molar-refractivity contribution in [3.05, 3.63) is 89.2 Å². The summed E-state index contributed by atoms with van der Waals surface area (Å²) in [5.41, 5.74) is 3.29. The highest BCUT2D eigenvalue weighted by atomic mass is 32.2. The molecule has 5 rings (SSSR count). The first-order valence-corrected chi connectivity index (χ1v) is 13.4. The highest BCUT2D eigenvalue weighted by molar-refractivity contribution is 7.99. The molecule has 1 heterocycles. The van der Waals surface area contributed by atoms with E-state index in [2.05, 4.69) is 64.2 Å². The first-order valence-electron chi connectivity index (χ1n) is 12.4. The molecule has 0 radical (unpaired) electrons. The van der Waals surface area contributed by atoms with Crippen molar-refractivity contribution in [2.45, 2.75) is 63.1 Å². The number of rotatable bonds is 8. The molecule has 4 nitrogen and oxygen atoms in total. The lowest BCUT2D eigenvalue weighted by Gasteiger charge is -2.25. The zero-order valence-electron chi connectivity index (χ0n) is 19.7. The maximum atomic E-state index is 12.9. The van der Waals surface area contributed by atoms with Crippen molar-refractivity contribution < 1.29 is 4.79 Å². The molecule has 174 valence electrons. The Morgan fingerprint density at radius 2 is 1.71 bits per heavy atom. The summed E-state index contributed by atoms with van der Waals surface area (Å²) in [6.45, 7) is 2.13. The topological polar surface area (TPSA) is 47.8 Å². The van der Waals surface area contributed by atoms with Gasteiger partial charge in [0.25, 0.3) is 0 Å². The minimum atomic E-state index is 0.140. The molecule has 0 spiro atoms. The lowest BCUT2D eigenvalue weighted by molar-refractivity contribution is 0.102. The third-order valence-electron chi connectivity index (χ3n) is 6.92. The van der Waals surface area contributed by atoms with Gasteiger partial charge in [-0.25, -0.2) is 0 Å². The summed E-state index contributed by atoms with van der Waals surface area (Å²) >= 11 is 1.53. The number of aryl methyl sites for hydroxylation is 1. The van der Waals surface area contributed by atoms with Crippen LogP contribution in [0.25, 0.3) is 10.8 Å². The highest BCUT2D eigenvalue weighted by Crippen LogP contribution is 2.34. The van der Waals surface area contributed by atoms with E-state index >= 15 is 0 Å². The summed E-state index contributed by atoms with van der Waals surface area (Å²) in [5, 5.41) is 12.6. The maximum absolute atomic E-state index is 12.9. The van der Waals surface area contributed by atoms with Crippen molar-refractivity contribution in [1.29, 1.82) is 0 Å². The summed E-state index contributed by atoms with van der Waals surface area (Å²) in [6.07, 6.45) is 7.81. The minimum absolute atomic E-state index is 0.140. The van der Waals surface area contributed by atoms with Gasteiger partial charge in [-0.1, -0.05) is 105 Å². The summed E-state index contributed by atoms with van der Waals surface area (Å²) < 4.78 is 2.35. The second kappa shape index (κ2) is 10.6. The van der Waals surface area contributed by atoms with E-state index in [0.717, 1.165) is 42.2 Å². The Hall–Kier alpha value is -2.92. The Morgan fingerprint density at radius 3 is 2.50 bits per heavy atom. The average molecular weight is 470 g/mol. The molecular weight excluding hydrogens is 438 g/mol. The van der Waals surface area contributed by atoms with E-state index in [1.165, 1.54) is 52.9 Å². The molecule has 1 aromatic heterocycles. The third kappa shape index (κ3) is 4.95. The van der Waals surface area contributed by atoms with E-state index in [9.17, 15) is 4.79 Å². The van der Waals surface area contributed by atoms with Crippen LogP contribution in [0.1, 0.15) is 72.4 Å². The van der Waals surface area contributed by atoms with Crippen molar-refractivity contribution in [2.75, 3.05) is 5.75 Å². The van der Waals surface area contributed by atoms with Crippen LogP contribution in [0, 0.1) is 0 Å². The SMILES string of the molecule is CCc1ccc(C(=O)CSc2nnc(Cc3cccc4ccccc34)n2C2CCCCC2)cc1. The Kier molecular flexibility index (Phi) is 7.10. The predicted octanol–water partition coefficient (Wildman–Crippen LogP) is 7.06. The van der Waals surface area contributed by atoms with Crippen LogP contribution in [0.15, 0.2) is 71.9 Å². The highest BCUT2D eigenvalue weighted by Gasteiger charge is 2.24. The summed E-state index contributed by atoms with van der Waals surface area (Å²) in [5.74, 6) is 1.52. The molecule has 0 amide bonds. The second-order valence-electron chi connectivity index (χ2n) is 9.14. The Bertz CT molecular complexity index is 1270. The number of ketones is 1. The standard InChI is InChI=1S/C29H31N3OS/c1-2-21-15-17-23(18-16-21)27(33)20-34-29-31-30-28(32(29)25-12-4-3-5-13-25)19-24-11-8-10-22-9-6-7-14-26(22)24/h6-11,14-18,25H,2-5,12-13,19-20H2,1H3. The molecular formula is C29H31N3OS. The third-order valence-corrected chi connectivity index (χ3v) is 7.86. The zero-order valence-corrected chi connectivity index (χ0v) is 20.6. The van der Waals surface area contributed by atoms with E-state index in [-0.39, 0.29) is 5.78 Å². The van der Waals surface area contributed by atoms with Gasteiger partial charge in [-0.05, 0) is 41.2 Å². The normalized spacial score (nSPS) is 14.5. The van der Waals surface area contributed by atoms with Gasteiger partial charge in [0, 0.05) is 18.0 Å². The predicted molar refractivity (Wildman–Crippen MR) is 140 cm³/mol.